The number of methoxy groups -OCH3 is 1. The standard InChI is InChI=1S/C14H15FO3/c1-3-4-5-12(14(17)18-2)13(16)10-6-8-11(15)9-7-10/h3,6-9,12H,1,4-5H2,2H3. The van der Waals surface area contributed by atoms with Crippen LogP contribution in [-0.4, -0.2) is 18.9 Å². The van der Waals surface area contributed by atoms with Gasteiger partial charge in [-0.15, -0.1) is 6.58 Å². The second-order valence-electron chi connectivity index (χ2n) is 3.81. The minimum absolute atomic E-state index is 0.302. The first-order valence-corrected chi connectivity index (χ1v) is 5.58. The van der Waals surface area contributed by atoms with Crippen LogP contribution in [0.25, 0.3) is 0 Å². The fourth-order valence-electron chi connectivity index (χ4n) is 1.60. The number of hydrogen-bond donors (Lipinski definition) is 0. The fraction of sp³-hybridized carbons (Fsp3) is 0.286. The average Bonchev–Trinajstić information content (AvgIpc) is 2.39. The van der Waals surface area contributed by atoms with Gasteiger partial charge in [0.1, 0.15) is 11.7 Å². The maximum absolute atomic E-state index is 12.8. The van der Waals surface area contributed by atoms with Crippen LogP contribution in [0.2, 0.25) is 0 Å². The minimum Gasteiger partial charge on any atom is -0.468 e. The molecule has 0 amide bonds. The lowest BCUT2D eigenvalue weighted by Crippen LogP contribution is -2.25. The lowest BCUT2D eigenvalue weighted by molar-refractivity contribution is -0.143. The Morgan fingerprint density at radius 1 is 1.39 bits per heavy atom. The van der Waals surface area contributed by atoms with Gasteiger partial charge in [0.15, 0.2) is 5.78 Å². The van der Waals surface area contributed by atoms with Gasteiger partial charge < -0.3 is 4.74 Å². The van der Waals surface area contributed by atoms with Gasteiger partial charge in [0.2, 0.25) is 0 Å². The molecule has 0 fully saturated rings. The second-order valence-corrected chi connectivity index (χ2v) is 3.81. The van der Waals surface area contributed by atoms with Crippen LogP contribution in [0.15, 0.2) is 36.9 Å². The summed E-state index contributed by atoms with van der Waals surface area (Å²) in [7, 11) is 1.24. The van der Waals surface area contributed by atoms with Crippen LogP contribution in [0, 0.1) is 11.7 Å². The third-order valence-corrected chi connectivity index (χ3v) is 2.59. The van der Waals surface area contributed by atoms with E-state index in [1.807, 2.05) is 0 Å². The Balaban J connectivity index is 2.90. The highest BCUT2D eigenvalue weighted by molar-refractivity contribution is 6.08. The van der Waals surface area contributed by atoms with Crippen molar-refractivity contribution in [1.29, 1.82) is 0 Å². The Morgan fingerprint density at radius 3 is 2.50 bits per heavy atom. The smallest absolute Gasteiger partial charge is 0.316 e. The highest BCUT2D eigenvalue weighted by Crippen LogP contribution is 2.17. The largest absolute Gasteiger partial charge is 0.468 e. The van der Waals surface area contributed by atoms with E-state index in [9.17, 15) is 14.0 Å². The van der Waals surface area contributed by atoms with Crippen LogP contribution in [0.5, 0.6) is 0 Å². The van der Waals surface area contributed by atoms with Gasteiger partial charge in [0, 0.05) is 5.56 Å². The van der Waals surface area contributed by atoms with Crippen LogP contribution in [0.3, 0.4) is 0 Å². The lowest BCUT2D eigenvalue weighted by atomic mass is 9.93. The maximum Gasteiger partial charge on any atom is 0.316 e. The Hall–Kier alpha value is -1.97. The van der Waals surface area contributed by atoms with E-state index >= 15 is 0 Å². The number of allylic oxidation sites excluding steroid dienone is 1. The summed E-state index contributed by atoms with van der Waals surface area (Å²) in [5, 5.41) is 0. The fourth-order valence-corrected chi connectivity index (χ4v) is 1.60. The number of Topliss-reactive ketones (excluding diaryl/α,β-unsaturated/α-hetero) is 1. The molecule has 0 aliphatic rings. The number of rotatable bonds is 6. The summed E-state index contributed by atoms with van der Waals surface area (Å²) >= 11 is 0. The molecule has 0 aliphatic heterocycles. The van der Waals surface area contributed by atoms with Crippen molar-refractivity contribution in [2.45, 2.75) is 12.8 Å². The van der Waals surface area contributed by atoms with E-state index in [0.717, 1.165) is 0 Å². The molecular formula is C14H15FO3. The number of carbonyl (C=O) groups is 2. The summed E-state index contributed by atoms with van der Waals surface area (Å²) < 4.78 is 17.4. The molecule has 1 aromatic carbocycles. The summed E-state index contributed by atoms with van der Waals surface area (Å²) in [6, 6.07) is 5.10. The SMILES string of the molecule is C=CCCC(C(=O)OC)C(=O)c1ccc(F)cc1. The number of halogens is 1. The molecule has 4 heteroatoms. The minimum atomic E-state index is -0.863. The molecule has 18 heavy (non-hydrogen) atoms. The molecular weight excluding hydrogens is 235 g/mol. The number of ketones is 1. The van der Waals surface area contributed by atoms with E-state index in [0.29, 0.717) is 18.4 Å². The topological polar surface area (TPSA) is 43.4 Å². The molecule has 0 bridgehead atoms. The number of benzene rings is 1. The van der Waals surface area contributed by atoms with Crippen molar-refractivity contribution in [2.75, 3.05) is 7.11 Å². The van der Waals surface area contributed by atoms with Gasteiger partial charge in [-0.25, -0.2) is 4.39 Å². The summed E-state index contributed by atoms with van der Waals surface area (Å²) in [6.07, 6.45) is 2.51. The second kappa shape index (κ2) is 6.69. The molecule has 0 aliphatic carbocycles. The Kier molecular flexibility index (Phi) is 5.24. The van der Waals surface area contributed by atoms with Crippen LogP contribution in [-0.2, 0) is 9.53 Å². The summed E-state index contributed by atoms with van der Waals surface area (Å²) in [5.41, 5.74) is 0.302. The molecule has 96 valence electrons. The van der Waals surface area contributed by atoms with Gasteiger partial charge in [-0.3, -0.25) is 9.59 Å². The molecule has 3 nitrogen and oxygen atoms in total. The van der Waals surface area contributed by atoms with E-state index in [-0.39, 0.29) is 5.78 Å². The molecule has 1 rings (SSSR count). The van der Waals surface area contributed by atoms with Crippen LogP contribution >= 0.6 is 0 Å². The summed E-state index contributed by atoms with van der Waals surface area (Å²) in [6.45, 7) is 3.55. The van der Waals surface area contributed by atoms with Gasteiger partial charge >= 0.3 is 5.97 Å². The normalized spacial score (nSPS) is 11.7. The zero-order valence-electron chi connectivity index (χ0n) is 10.2. The van der Waals surface area contributed by atoms with Gasteiger partial charge in [0.05, 0.1) is 7.11 Å². The Bertz CT molecular complexity index is 437. The monoisotopic (exact) mass is 250 g/mol. The molecule has 1 atom stereocenters. The molecule has 0 saturated carbocycles. The Morgan fingerprint density at radius 2 is 2.00 bits per heavy atom. The first kappa shape index (κ1) is 14.1. The third kappa shape index (κ3) is 3.52. The molecule has 0 spiro atoms. The molecule has 0 aromatic heterocycles. The lowest BCUT2D eigenvalue weighted by Gasteiger charge is -2.12. The van der Waals surface area contributed by atoms with Gasteiger partial charge in [-0.1, -0.05) is 6.08 Å². The first-order chi connectivity index (χ1) is 8.60. The third-order valence-electron chi connectivity index (χ3n) is 2.59. The van der Waals surface area contributed by atoms with Crippen molar-refractivity contribution in [2.24, 2.45) is 5.92 Å². The summed E-state index contributed by atoms with van der Waals surface area (Å²) in [4.78, 5) is 23.7. The van der Waals surface area contributed by atoms with Crippen molar-refractivity contribution >= 4 is 11.8 Å². The number of ether oxygens (including phenoxy) is 1. The molecule has 0 radical (unpaired) electrons. The highest BCUT2D eigenvalue weighted by Gasteiger charge is 2.27. The van der Waals surface area contributed by atoms with Crippen molar-refractivity contribution in [3.63, 3.8) is 0 Å². The molecule has 0 N–H and O–H groups in total. The van der Waals surface area contributed by atoms with E-state index in [2.05, 4.69) is 11.3 Å². The molecule has 1 unspecified atom stereocenters. The van der Waals surface area contributed by atoms with Crippen molar-refractivity contribution in [1.82, 2.24) is 0 Å². The highest BCUT2D eigenvalue weighted by atomic mass is 19.1. The van der Waals surface area contributed by atoms with Crippen LogP contribution in [0.1, 0.15) is 23.2 Å². The van der Waals surface area contributed by atoms with Crippen molar-refractivity contribution < 1.29 is 18.7 Å². The number of hydrogen-bond acceptors (Lipinski definition) is 3. The van der Waals surface area contributed by atoms with E-state index in [1.54, 1.807) is 6.08 Å². The number of carbonyl (C=O) groups excluding carboxylic acids is 2. The van der Waals surface area contributed by atoms with Gasteiger partial charge in [0.25, 0.3) is 0 Å². The molecule has 1 aromatic rings. The van der Waals surface area contributed by atoms with E-state index < -0.39 is 17.7 Å². The van der Waals surface area contributed by atoms with Gasteiger partial charge in [-0.2, -0.15) is 0 Å². The zero-order chi connectivity index (χ0) is 13.5. The maximum atomic E-state index is 12.8. The van der Waals surface area contributed by atoms with E-state index in [1.165, 1.54) is 31.4 Å². The van der Waals surface area contributed by atoms with Crippen molar-refractivity contribution in [3.05, 3.63) is 48.3 Å². The average molecular weight is 250 g/mol. The number of esters is 1. The first-order valence-electron chi connectivity index (χ1n) is 5.58. The van der Waals surface area contributed by atoms with Crippen LogP contribution < -0.4 is 0 Å². The van der Waals surface area contributed by atoms with E-state index in [4.69, 9.17) is 0 Å². The van der Waals surface area contributed by atoms with Crippen molar-refractivity contribution in [3.8, 4) is 0 Å². The zero-order valence-corrected chi connectivity index (χ0v) is 10.2. The molecule has 0 saturated heterocycles. The predicted octanol–water partition coefficient (Wildman–Crippen LogP) is 2.76. The summed E-state index contributed by atoms with van der Waals surface area (Å²) in [5.74, 6) is -2.22. The Labute approximate surface area is 105 Å². The molecule has 0 heterocycles. The van der Waals surface area contributed by atoms with Crippen LogP contribution in [0.4, 0.5) is 4.39 Å². The quantitative estimate of drug-likeness (QED) is 0.337. The van der Waals surface area contributed by atoms with Gasteiger partial charge in [-0.05, 0) is 37.1 Å². The predicted molar refractivity (Wildman–Crippen MR) is 65.7 cm³/mol.